The molecule has 1 saturated heterocycles. The Morgan fingerprint density at radius 3 is 3.00 bits per heavy atom. The van der Waals surface area contributed by atoms with Gasteiger partial charge in [-0.1, -0.05) is 12.8 Å². The third-order valence-electron chi connectivity index (χ3n) is 4.04. The van der Waals surface area contributed by atoms with Crippen molar-refractivity contribution in [3.8, 4) is 0 Å². The van der Waals surface area contributed by atoms with Crippen LogP contribution in [-0.2, 0) is 0 Å². The van der Waals surface area contributed by atoms with E-state index in [4.69, 9.17) is 0 Å². The topological polar surface area (TPSA) is 20.3 Å². The van der Waals surface area contributed by atoms with Gasteiger partial charge < -0.3 is 4.90 Å². The molecule has 0 radical (unpaired) electrons. The standard InChI is InChI=1S/C13H17NOS/c15-13(11-6-8-16-9-11)14-7-5-10-3-1-2-4-12(10)14/h6,8-10,12H,1-5,7H2. The van der Waals surface area contributed by atoms with Gasteiger partial charge in [-0.2, -0.15) is 11.3 Å². The summed E-state index contributed by atoms with van der Waals surface area (Å²) in [4.78, 5) is 14.4. The van der Waals surface area contributed by atoms with Crippen molar-refractivity contribution in [2.24, 2.45) is 5.92 Å². The molecule has 1 aromatic rings. The third-order valence-corrected chi connectivity index (χ3v) is 4.72. The van der Waals surface area contributed by atoms with E-state index >= 15 is 0 Å². The first-order valence-electron chi connectivity index (χ1n) is 6.19. The van der Waals surface area contributed by atoms with Crippen LogP contribution in [0.5, 0.6) is 0 Å². The second-order valence-electron chi connectivity index (χ2n) is 4.91. The summed E-state index contributed by atoms with van der Waals surface area (Å²) < 4.78 is 0. The molecule has 2 heterocycles. The second-order valence-corrected chi connectivity index (χ2v) is 5.69. The highest BCUT2D eigenvalue weighted by molar-refractivity contribution is 7.08. The Labute approximate surface area is 100 Å². The second kappa shape index (κ2) is 4.21. The van der Waals surface area contributed by atoms with Crippen LogP contribution in [0.1, 0.15) is 42.5 Å². The molecular formula is C13H17NOS. The van der Waals surface area contributed by atoms with Gasteiger partial charge in [-0.05, 0) is 36.6 Å². The van der Waals surface area contributed by atoms with Gasteiger partial charge in [-0.3, -0.25) is 4.79 Å². The number of thiophene rings is 1. The quantitative estimate of drug-likeness (QED) is 0.732. The Bertz CT molecular complexity index is 373. The number of amides is 1. The molecule has 16 heavy (non-hydrogen) atoms. The molecule has 2 nitrogen and oxygen atoms in total. The maximum atomic E-state index is 12.3. The Balaban J connectivity index is 1.78. The molecule has 0 N–H and O–H groups in total. The van der Waals surface area contributed by atoms with Crippen LogP contribution < -0.4 is 0 Å². The summed E-state index contributed by atoms with van der Waals surface area (Å²) in [5, 5.41) is 3.96. The molecule has 86 valence electrons. The van der Waals surface area contributed by atoms with E-state index in [9.17, 15) is 4.79 Å². The van der Waals surface area contributed by atoms with Gasteiger partial charge in [0.15, 0.2) is 0 Å². The van der Waals surface area contributed by atoms with Gasteiger partial charge in [-0.25, -0.2) is 0 Å². The lowest BCUT2D eigenvalue weighted by atomic mass is 9.85. The number of hydrogen-bond donors (Lipinski definition) is 0. The number of carbonyl (C=O) groups excluding carboxylic acids is 1. The molecule has 1 aromatic heterocycles. The molecule has 2 atom stereocenters. The van der Waals surface area contributed by atoms with Crippen molar-refractivity contribution in [3.63, 3.8) is 0 Å². The molecule has 1 amide bonds. The highest BCUT2D eigenvalue weighted by Crippen LogP contribution is 2.36. The first kappa shape index (κ1) is 10.3. The molecule has 2 fully saturated rings. The SMILES string of the molecule is O=C(c1ccsc1)N1CCC2CCCCC21. The fraction of sp³-hybridized carbons (Fsp3) is 0.615. The highest BCUT2D eigenvalue weighted by atomic mass is 32.1. The van der Waals surface area contributed by atoms with Crippen molar-refractivity contribution < 1.29 is 4.79 Å². The lowest BCUT2D eigenvalue weighted by Gasteiger charge is -2.31. The van der Waals surface area contributed by atoms with Crippen LogP contribution in [0.15, 0.2) is 16.8 Å². The van der Waals surface area contributed by atoms with Crippen molar-refractivity contribution >= 4 is 17.2 Å². The lowest BCUT2D eigenvalue weighted by molar-refractivity contribution is 0.0690. The number of fused-ring (bicyclic) bond motifs is 1. The van der Waals surface area contributed by atoms with E-state index in [0.717, 1.165) is 18.0 Å². The maximum absolute atomic E-state index is 12.3. The predicted molar refractivity (Wildman–Crippen MR) is 65.7 cm³/mol. The van der Waals surface area contributed by atoms with Crippen LogP contribution in [0, 0.1) is 5.92 Å². The molecular weight excluding hydrogens is 218 g/mol. The summed E-state index contributed by atoms with van der Waals surface area (Å²) in [6.45, 7) is 0.976. The third kappa shape index (κ3) is 1.67. The zero-order chi connectivity index (χ0) is 11.0. The van der Waals surface area contributed by atoms with Gasteiger partial charge in [0.2, 0.25) is 0 Å². The van der Waals surface area contributed by atoms with Gasteiger partial charge in [0, 0.05) is 18.0 Å². The van der Waals surface area contributed by atoms with Crippen LogP contribution in [-0.4, -0.2) is 23.4 Å². The predicted octanol–water partition coefficient (Wildman–Crippen LogP) is 3.15. The minimum Gasteiger partial charge on any atom is -0.335 e. The summed E-state index contributed by atoms with van der Waals surface area (Å²) in [5.41, 5.74) is 0.885. The summed E-state index contributed by atoms with van der Waals surface area (Å²) in [5.74, 6) is 1.05. The molecule has 3 heteroatoms. The van der Waals surface area contributed by atoms with E-state index in [2.05, 4.69) is 4.90 Å². The van der Waals surface area contributed by atoms with Gasteiger partial charge in [0.25, 0.3) is 5.91 Å². The van der Waals surface area contributed by atoms with Gasteiger partial charge >= 0.3 is 0 Å². The number of carbonyl (C=O) groups is 1. The summed E-state index contributed by atoms with van der Waals surface area (Å²) in [6, 6.07) is 2.49. The fourth-order valence-corrected chi connectivity index (χ4v) is 3.84. The highest BCUT2D eigenvalue weighted by Gasteiger charge is 2.38. The first-order valence-corrected chi connectivity index (χ1v) is 7.14. The minimum absolute atomic E-state index is 0.260. The van der Waals surface area contributed by atoms with E-state index in [1.807, 2.05) is 16.8 Å². The number of hydrogen-bond acceptors (Lipinski definition) is 2. The fourth-order valence-electron chi connectivity index (χ4n) is 3.21. The molecule has 0 spiro atoms. The minimum atomic E-state index is 0.260. The Morgan fingerprint density at radius 2 is 2.19 bits per heavy atom. The molecule has 1 aliphatic heterocycles. The number of rotatable bonds is 1. The molecule has 2 aliphatic rings. The normalized spacial score (nSPS) is 29.1. The average molecular weight is 235 g/mol. The van der Waals surface area contributed by atoms with E-state index < -0.39 is 0 Å². The van der Waals surface area contributed by atoms with Crippen LogP contribution >= 0.6 is 11.3 Å². The smallest absolute Gasteiger partial charge is 0.254 e. The lowest BCUT2D eigenvalue weighted by Crippen LogP contribution is -2.39. The van der Waals surface area contributed by atoms with Crippen molar-refractivity contribution in [1.82, 2.24) is 4.90 Å². The van der Waals surface area contributed by atoms with E-state index in [-0.39, 0.29) is 5.91 Å². The Hall–Kier alpha value is -0.830. The Morgan fingerprint density at radius 1 is 1.31 bits per heavy atom. The summed E-state index contributed by atoms with van der Waals surface area (Å²) in [6.07, 6.45) is 6.44. The van der Waals surface area contributed by atoms with Gasteiger partial charge in [-0.15, -0.1) is 0 Å². The molecule has 0 aromatic carbocycles. The monoisotopic (exact) mass is 235 g/mol. The van der Waals surface area contributed by atoms with Crippen molar-refractivity contribution in [2.75, 3.05) is 6.54 Å². The molecule has 1 aliphatic carbocycles. The van der Waals surface area contributed by atoms with Crippen molar-refractivity contribution in [3.05, 3.63) is 22.4 Å². The molecule has 2 unspecified atom stereocenters. The van der Waals surface area contributed by atoms with Gasteiger partial charge in [0.1, 0.15) is 0 Å². The van der Waals surface area contributed by atoms with E-state index in [1.165, 1.54) is 32.1 Å². The van der Waals surface area contributed by atoms with Crippen LogP contribution in [0.25, 0.3) is 0 Å². The zero-order valence-corrected chi connectivity index (χ0v) is 10.2. The van der Waals surface area contributed by atoms with Crippen molar-refractivity contribution in [2.45, 2.75) is 38.1 Å². The summed E-state index contributed by atoms with van der Waals surface area (Å²) >= 11 is 1.61. The average Bonchev–Trinajstić information content (AvgIpc) is 2.98. The van der Waals surface area contributed by atoms with Crippen LogP contribution in [0.3, 0.4) is 0 Å². The molecule has 0 bridgehead atoms. The molecule has 1 saturated carbocycles. The maximum Gasteiger partial charge on any atom is 0.254 e. The van der Waals surface area contributed by atoms with Crippen LogP contribution in [0.2, 0.25) is 0 Å². The summed E-state index contributed by atoms with van der Waals surface area (Å²) in [7, 11) is 0. The zero-order valence-electron chi connectivity index (χ0n) is 9.39. The first-order chi connectivity index (χ1) is 7.86. The number of nitrogens with zero attached hydrogens (tertiary/aromatic N) is 1. The van der Waals surface area contributed by atoms with Gasteiger partial charge in [0.05, 0.1) is 5.56 Å². The number of likely N-dealkylation sites (tertiary alicyclic amines) is 1. The van der Waals surface area contributed by atoms with Crippen LogP contribution in [0.4, 0.5) is 0 Å². The van der Waals surface area contributed by atoms with Crippen molar-refractivity contribution in [1.29, 1.82) is 0 Å². The van der Waals surface area contributed by atoms with E-state index in [0.29, 0.717) is 6.04 Å². The Kier molecular flexibility index (Phi) is 2.72. The largest absolute Gasteiger partial charge is 0.335 e. The van der Waals surface area contributed by atoms with E-state index in [1.54, 1.807) is 11.3 Å². The molecule has 3 rings (SSSR count).